The first-order valence-corrected chi connectivity index (χ1v) is 8.45. The van der Waals surface area contributed by atoms with Gasteiger partial charge in [0.1, 0.15) is 5.01 Å². The van der Waals surface area contributed by atoms with Crippen molar-refractivity contribution >= 4 is 28.9 Å². The summed E-state index contributed by atoms with van der Waals surface area (Å²) in [5, 5.41) is 12.4. The van der Waals surface area contributed by atoms with Gasteiger partial charge in [0.2, 0.25) is 5.13 Å². The number of aromatic nitrogens is 2. The quantitative estimate of drug-likeness (QED) is 0.673. The molecule has 0 aliphatic heterocycles. The molecule has 0 atom stereocenters. The maximum Gasteiger partial charge on any atom is 0.222 e. The summed E-state index contributed by atoms with van der Waals surface area (Å²) in [4.78, 5) is 0. The van der Waals surface area contributed by atoms with Crippen LogP contribution in [0.1, 0.15) is 13.8 Å². The summed E-state index contributed by atoms with van der Waals surface area (Å²) >= 11 is 1.59. The lowest BCUT2D eigenvalue weighted by Crippen LogP contribution is -2.39. The van der Waals surface area contributed by atoms with Gasteiger partial charge in [0.25, 0.3) is 0 Å². The van der Waals surface area contributed by atoms with E-state index in [0.29, 0.717) is 6.04 Å². The third-order valence-electron chi connectivity index (χ3n) is 3.40. The monoisotopic (exact) mass is 360 g/mol. The van der Waals surface area contributed by atoms with Crippen LogP contribution in [-0.2, 0) is 0 Å². The molecule has 0 saturated carbocycles. The molecule has 6 heteroatoms. The van der Waals surface area contributed by atoms with E-state index in [0.717, 1.165) is 15.7 Å². The zero-order valence-corrected chi connectivity index (χ0v) is 15.6. The molecule has 4 nitrogen and oxygen atoms in total. The van der Waals surface area contributed by atoms with E-state index in [4.69, 9.17) is 0 Å². The lowest BCUT2D eigenvalue weighted by Gasteiger charge is -2.19. The zero-order chi connectivity index (χ0) is 16.2. The van der Waals surface area contributed by atoms with E-state index in [1.165, 1.54) is 11.1 Å². The fourth-order valence-corrected chi connectivity index (χ4v) is 3.26. The molecule has 126 valence electrons. The van der Waals surface area contributed by atoms with Gasteiger partial charge in [-0.25, -0.2) is 5.43 Å². The molecule has 0 spiro atoms. The number of rotatable bonds is 5. The minimum absolute atomic E-state index is 0. The molecular formula is C18H21ClN4S. The number of hydrogen-bond donors (Lipinski definition) is 1. The maximum absolute atomic E-state index is 4.39. The second-order valence-corrected chi connectivity index (χ2v) is 6.60. The van der Waals surface area contributed by atoms with Crippen LogP contribution in [0.2, 0.25) is 0 Å². The Kier molecular flexibility index (Phi) is 6.31. The van der Waals surface area contributed by atoms with Gasteiger partial charge in [-0.05, 0) is 25.0 Å². The van der Waals surface area contributed by atoms with E-state index in [9.17, 15) is 0 Å². The number of benzene rings is 2. The van der Waals surface area contributed by atoms with E-state index in [2.05, 4.69) is 71.9 Å². The fraction of sp³-hybridized carbons (Fsp3) is 0.222. The van der Waals surface area contributed by atoms with E-state index in [1.54, 1.807) is 11.3 Å². The Labute approximate surface area is 152 Å². The largest absolute Gasteiger partial charge is 0.285 e. The van der Waals surface area contributed by atoms with E-state index in [-0.39, 0.29) is 12.4 Å². The molecule has 0 saturated heterocycles. The first-order chi connectivity index (χ1) is 11.1. The molecule has 0 aliphatic carbocycles. The van der Waals surface area contributed by atoms with Gasteiger partial charge < -0.3 is 0 Å². The van der Waals surface area contributed by atoms with Gasteiger partial charge >= 0.3 is 0 Å². The Morgan fingerprint density at radius 2 is 1.54 bits per heavy atom. The smallest absolute Gasteiger partial charge is 0.222 e. The van der Waals surface area contributed by atoms with Crippen LogP contribution in [0, 0.1) is 0 Å². The molecule has 3 aromatic rings. The van der Waals surface area contributed by atoms with Crippen molar-refractivity contribution in [2.75, 3.05) is 12.1 Å². The average molecular weight is 361 g/mol. The summed E-state index contributed by atoms with van der Waals surface area (Å²) in [7, 11) is 1.97. The molecule has 0 bridgehead atoms. The number of nitrogens with one attached hydrogen (secondary N) is 1. The second-order valence-electron chi connectivity index (χ2n) is 5.64. The van der Waals surface area contributed by atoms with Gasteiger partial charge in [0.15, 0.2) is 0 Å². The highest BCUT2D eigenvalue weighted by molar-refractivity contribution is 7.18. The summed E-state index contributed by atoms with van der Waals surface area (Å²) in [6, 6.07) is 19.0. The first-order valence-electron chi connectivity index (χ1n) is 7.63. The van der Waals surface area contributed by atoms with Crippen molar-refractivity contribution in [2.24, 2.45) is 0 Å². The molecule has 0 radical (unpaired) electrons. The van der Waals surface area contributed by atoms with Crippen molar-refractivity contribution in [1.29, 1.82) is 0 Å². The summed E-state index contributed by atoms with van der Waals surface area (Å²) in [6.45, 7) is 4.20. The molecule has 3 rings (SSSR count). The van der Waals surface area contributed by atoms with Crippen LogP contribution in [0.3, 0.4) is 0 Å². The highest BCUT2D eigenvalue weighted by atomic mass is 35.5. The van der Waals surface area contributed by atoms with Crippen LogP contribution in [0.4, 0.5) is 5.13 Å². The zero-order valence-electron chi connectivity index (χ0n) is 13.9. The van der Waals surface area contributed by atoms with E-state index >= 15 is 0 Å². The van der Waals surface area contributed by atoms with Gasteiger partial charge in [0, 0.05) is 18.7 Å². The molecule has 1 N–H and O–H groups in total. The standard InChI is InChI=1S/C18H20N4S.ClH/c1-13(2)21-22(3)18-20-19-17(23-18)16-12-8-7-11-15(16)14-9-5-4-6-10-14;/h4-13,21H,1-3H3;1H. The lowest BCUT2D eigenvalue weighted by molar-refractivity contribution is 0.578. The predicted molar refractivity (Wildman–Crippen MR) is 105 cm³/mol. The maximum atomic E-state index is 4.39. The Morgan fingerprint density at radius 1 is 0.917 bits per heavy atom. The van der Waals surface area contributed by atoms with E-state index < -0.39 is 0 Å². The normalized spacial score (nSPS) is 10.5. The average Bonchev–Trinajstić information content (AvgIpc) is 3.05. The van der Waals surface area contributed by atoms with Crippen molar-refractivity contribution in [3.05, 3.63) is 54.6 Å². The van der Waals surface area contributed by atoms with Crippen LogP contribution in [0.15, 0.2) is 54.6 Å². The minimum Gasteiger partial charge on any atom is -0.285 e. The molecule has 0 amide bonds. The Morgan fingerprint density at radius 3 is 2.21 bits per heavy atom. The fourth-order valence-electron chi connectivity index (χ4n) is 2.44. The number of hydrogen-bond acceptors (Lipinski definition) is 5. The SMILES string of the molecule is CC(C)NN(C)c1nnc(-c2ccccc2-c2ccccc2)s1.Cl. The van der Waals surface area contributed by atoms with E-state index in [1.807, 2.05) is 24.2 Å². The third-order valence-corrected chi connectivity index (χ3v) is 4.43. The first kappa shape index (κ1) is 18.4. The number of halogens is 1. The van der Waals surface area contributed by atoms with Gasteiger partial charge in [0.05, 0.1) is 0 Å². The van der Waals surface area contributed by atoms with Crippen LogP contribution >= 0.6 is 23.7 Å². The molecular weight excluding hydrogens is 340 g/mol. The van der Waals surface area contributed by atoms with Crippen molar-refractivity contribution in [3.8, 4) is 21.7 Å². The third kappa shape index (κ3) is 4.12. The van der Waals surface area contributed by atoms with Crippen LogP contribution in [0.5, 0.6) is 0 Å². The minimum atomic E-state index is 0. The highest BCUT2D eigenvalue weighted by Crippen LogP contribution is 2.35. The molecule has 0 aliphatic rings. The number of anilines is 1. The molecule has 0 fully saturated rings. The number of hydrazine groups is 1. The Hall–Kier alpha value is -1.95. The summed E-state index contributed by atoms with van der Waals surface area (Å²) in [5.41, 5.74) is 6.79. The summed E-state index contributed by atoms with van der Waals surface area (Å²) < 4.78 is 0. The number of nitrogens with zero attached hydrogens (tertiary/aromatic N) is 3. The van der Waals surface area contributed by atoms with Crippen molar-refractivity contribution < 1.29 is 0 Å². The van der Waals surface area contributed by atoms with Crippen molar-refractivity contribution in [2.45, 2.75) is 19.9 Å². The molecule has 0 unspecified atom stereocenters. The van der Waals surface area contributed by atoms with Crippen LogP contribution < -0.4 is 10.4 Å². The summed E-state index contributed by atoms with van der Waals surface area (Å²) in [5.74, 6) is 0. The Balaban J connectivity index is 0.00000208. The summed E-state index contributed by atoms with van der Waals surface area (Å²) in [6.07, 6.45) is 0. The van der Waals surface area contributed by atoms with Crippen molar-refractivity contribution in [3.63, 3.8) is 0 Å². The lowest BCUT2D eigenvalue weighted by atomic mass is 10.0. The highest BCUT2D eigenvalue weighted by Gasteiger charge is 2.14. The molecule has 2 aromatic carbocycles. The topological polar surface area (TPSA) is 41.0 Å². The van der Waals surface area contributed by atoms with Gasteiger partial charge in [-0.2, -0.15) is 0 Å². The van der Waals surface area contributed by atoms with Crippen LogP contribution in [0.25, 0.3) is 21.7 Å². The van der Waals surface area contributed by atoms with Gasteiger partial charge in [-0.1, -0.05) is 65.9 Å². The molecule has 1 aromatic heterocycles. The second kappa shape index (κ2) is 8.24. The Bertz CT molecular complexity index is 773. The van der Waals surface area contributed by atoms with Gasteiger partial charge in [-0.15, -0.1) is 22.6 Å². The van der Waals surface area contributed by atoms with Crippen LogP contribution in [-0.4, -0.2) is 23.3 Å². The van der Waals surface area contributed by atoms with Crippen molar-refractivity contribution in [1.82, 2.24) is 15.6 Å². The molecule has 24 heavy (non-hydrogen) atoms. The predicted octanol–water partition coefficient (Wildman–Crippen LogP) is 4.64. The van der Waals surface area contributed by atoms with Gasteiger partial charge in [-0.3, -0.25) is 5.01 Å². The molecule has 1 heterocycles.